The van der Waals surface area contributed by atoms with Gasteiger partial charge in [0.1, 0.15) is 16.0 Å². The molecule has 0 radical (unpaired) electrons. The number of carbonyl (C=O) groups excluding carboxylic acids is 1. The molecule has 4 rings (SSSR count). The molecule has 3 aromatic heterocycles. The van der Waals surface area contributed by atoms with Gasteiger partial charge < -0.3 is 4.90 Å². The fourth-order valence-corrected chi connectivity index (χ4v) is 3.57. The van der Waals surface area contributed by atoms with Gasteiger partial charge in [-0.3, -0.25) is 14.8 Å². The Labute approximate surface area is 160 Å². The molecular weight excluding hydrogens is 360 g/mol. The summed E-state index contributed by atoms with van der Waals surface area (Å²) in [6, 6.07) is 13.7. The molecule has 0 aliphatic heterocycles. The fourth-order valence-electron chi connectivity index (χ4n) is 2.73. The van der Waals surface area contributed by atoms with Crippen molar-refractivity contribution >= 4 is 38.4 Å². The normalized spacial score (nSPS) is 10.9. The van der Waals surface area contributed by atoms with Crippen molar-refractivity contribution in [2.75, 3.05) is 24.3 Å². The summed E-state index contributed by atoms with van der Waals surface area (Å²) in [5.74, 6) is -0.243. The van der Waals surface area contributed by atoms with Gasteiger partial charge in [0.2, 0.25) is 0 Å². The van der Waals surface area contributed by atoms with E-state index in [-0.39, 0.29) is 5.91 Å². The zero-order valence-electron chi connectivity index (χ0n) is 15.2. The van der Waals surface area contributed by atoms with Gasteiger partial charge in [-0.05, 0) is 30.3 Å². The maximum absolute atomic E-state index is 12.3. The largest absolute Gasteiger partial charge is 0.378 e. The predicted octanol–water partition coefficient (Wildman–Crippen LogP) is 3.41. The second-order valence-electron chi connectivity index (χ2n) is 6.28. The lowest BCUT2D eigenvalue weighted by atomic mass is 10.1. The van der Waals surface area contributed by atoms with Crippen molar-refractivity contribution in [3.63, 3.8) is 0 Å². The van der Waals surface area contributed by atoms with E-state index in [1.54, 1.807) is 19.3 Å². The second kappa shape index (κ2) is 6.81. The van der Waals surface area contributed by atoms with Gasteiger partial charge in [0, 0.05) is 38.6 Å². The first-order valence-electron chi connectivity index (χ1n) is 8.36. The lowest BCUT2D eigenvalue weighted by Crippen LogP contribution is -2.15. The van der Waals surface area contributed by atoms with Crippen LogP contribution in [0.3, 0.4) is 0 Å². The van der Waals surface area contributed by atoms with Gasteiger partial charge in [0.05, 0.1) is 5.69 Å². The molecule has 27 heavy (non-hydrogen) atoms. The van der Waals surface area contributed by atoms with E-state index in [0.717, 1.165) is 27.3 Å². The Kier molecular flexibility index (Phi) is 4.33. The smallest absolute Gasteiger partial charge is 0.275 e. The number of aromatic nitrogens is 4. The molecule has 0 saturated carbocycles. The summed E-state index contributed by atoms with van der Waals surface area (Å²) >= 11 is 1.35. The number of thiazole rings is 1. The van der Waals surface area contributed by atoms with Crippen molar-refractivity contribution in [1.82, 2.24) is 19.7 Å². The number of amides is 1. The lowest BCUT2D eigenvalue weighted by molar-refractivity contribution is 0.101. The van der Waals surface area contributed by atoms with E-state index in [1.165, 1.54) is 16.0 Å². The summed E-state index contributed by atoms with van der Waals surface area (Å²) in [5, 5.41) is 7.35. The maximum Gasteiger partial charge on any atom is 0.275 e. The molecule has 1 amide bonds. The summed E-state index contributed by atoms with van der Waals surface area (Å²) in [6.07, 6.45) is 1.59. The van der Waals surface area contributed by atoms with Gasteiger partial charge in [-0.2, -0.15) is 5.10 Å². The molecule has 0 atom stereocenters. The van der Waals surface area contributed by atoms with E-state index < -0.39 is 0 Å². The average Bonchev–Trinajstić information content (AvgIpc) is 3.26. The highest BCUT2D eigenvalue weighted by atomic mass is 32.1. The summed E-state index contributed by atoms with van der Waals surface area (Å²) in [6.45, 7) is 0. The van der Waals surface area contributed by atoms with Gasteiger partial charge in [-0.25, -0.2) is 9.97 Å². The first kappa shape index (κ1) is 17.2. The van der Waals surface area contributed by atoms with Crippen LogP contribution < -0.4 is 10.2 Å². The van der Waals surface area contributed by atoms with Crippen LogP contribution in [0.2, 0.25) is 0 Å². The van der Waals surface area contributed by atoms with Gasteiger partial charge >= 0.3 is 0 Å². The van der Waals surface area contributed by atoms with Gasteiger partial charge in [0.25, 0.3) is 5.91 Å². The van der Waals surface area contributed by atoms with Crippen molar-refractivity contribution in [3.05, 3.63) is 54.4 Å². The topological polar surface area (TPSA) is 75.9 Å². The number of nitrogens with one attached hydrogen (secondary N) is 1. The Balaban J connectivity index is 1.63. The minimum absolute atomic E-state index is 0.243. The average molecular weight is 378 g/mol. The summed E-state index contributed by atoms with van der Waals surface area (Å²) in [7, 11) is 5.75. The van der Waals surface area contributed by atoms with Crippen molar-refractivity contribution in [1.29, 1.82) is 0 Å². The van der Waals surface area contributed by atoms with Crippen molar-refractivity contribution in [3.8, 4) is 11.3 Å². The zero-order chi connectivity index (χ0) is 19.0. The Bertz CT molecular complexity index is 1130. The van der Waals surface area contributed by atoms with Crippen LogP contribution in [0.4, 0.5) is 10.8 Å². The summed E-state index contributed by atoms with van der Waals surface area (Å²) < 4.78 is 1.52. The van der Waals surface area contributed by atoms with E-state index in [4.69, 9.17) is 4.98 Å². The molecule has 0 bridgehead atoms. The van der Waals surface area contributed by atoms with E-state index in [0.29, 0.717) is 10.8 Å². The Morgan fingerprint density at radius 3 is 2.74 bits per heavy atom. The van der Waals surface area contributed by atoms with Crippen molar-refractivity contribution in [2.45, 2.75) is 0 Å². The third-order valence-electron chi connectivity index (χ3n) is 4.19. The third-order valence-corrected chi connectivity index (χ3v) is 5.07. The molecule has 1 N–H and O–H groups in total. The van der Waals surface area contributed by atoms with Crippen LogP contribution in [0.15, 0.2) is 48.7 Å². The zero-order valence-corrected chi connectivity index (χ0v) is 16.0. The molecule has 1 aromatic carbocycles. The molecule has 0 aliphatic carbocycles. The Hall–Kier alpha value is -3.26. The second-order valence-corrected chi connectivity index (χ2v) is 7.26. The van der Waals surface area contributed by atoms with E-state index in [9.17, 15) is 4.79 Å². The number of anilines is 2. The molecule has 7 nitrogen and oxygen atoms in total. The fraction of sp³-hybridized carbons (Fsp3) is 0.158. The van der Waals surface area contributed by atoms with Crippen LogP contribution in [0.5, 0.6) is 0 Å². The van der Waals surface area contributed by atoms with E-state index >= 15 is 0 Å². The molecule has 0 spiro atoms. The highest BCUT2D eigenvalue weighted by Crippen LogP contribution is 2.29. The molecule has 0 aliphatic rings. The molecule has 0 unspecified atom stereocenters. The SMILES string of the molecule is CN(C)c1cccc(-c2ccc3nc(NC(=O)c4ccnn4C)sc3n2)c1. The van der Waals surface area contributed by atoms with Crippen molar-refractivity contribution < 1.29 is 4.79 Å². The van der Waals surface area contributed by atoms with Crippen LogP contribution in [-0.2, 0) is 7.05 Å². The van der Waals surface area contributed by atoms with Gasteiger partial charge in [-0.15, -0.1) is 0 Å². The predicted molar refractivity (Wildman–Crippen MR) is 108 cm³/mol. The van der Waals surface area contributed by atoms with Crippen LogP contribution in [0.1, 0.15) is 10.5 Å². The summed E-state index contributed by atoms with van der Waals surface area (Å²) in [5.41, 5.74) is 4.26. The Morgan fingerprint density at radius 1 is 1.15 bits per heavy atom. The molecule has 136 valence electrons. The van der Waals surface area contributed by atoms with Crippen LogP contribution in [0, 0.1) is 0 Å². The first-order chi connectivity index (χ1) is 13.0. The number of pyridine rings is 1. The Morgan fingerprint density at radius 2 is 2.00 bits per heavy atom. The number of aryl methyl sites for hydroxylation is 1. The highest BCUT2D eigenvalue weighted by Gasteiger charge is 2.14. The number of hydrogen-bond acceptors (Lipinski definition) is 6. The first-order valence-corrected chi connectivity index (χ1v) is 9.17. The molecule has 4 aromatic rings. The quantitative estimate of drug-likeness (QED) is 0.589. The van der Waals surface area contributed by atoms with E-state index in [2.05, 4.69) is 32.4 Å². The van der Waals surface area contributed by atoms with Crippen LogP contribution >= 0.6 is 11.3 Å². The van der Waals surface area contributed by atoms with E-state index in [1.807, 2.05) is 38.4 Å². The molecular formula is C19H18N6OS. The number of rotatable bonds is 4. The van der Waals surface area contributed by atoms with Gasteiger partial charge in [0.15, 0.2) is 5.13 Å². The lowest BCUT2D eigenvalue weighted by Gasteiger charge is -2.13. The monoisotopic (exact) mass is 378 g/mol. The molecule has 8 heteroatoms. The third kappa shape index (κ3) is 3.39. The van der Waals surface area contributed by atoms with Crippen LogP contribution in [-0.4, -0.2) is 39.8 Å². The number of hydrogen-bond donors (Lipinski definition) is 1. The van der Waals surface area contributed by atoms with Crippen molar-refractivity contribution in [2.24, 2.45) is 7.05 Å². The standard InChI is InChI=1S/C19H18N6OS/c1-24(2)13-6-4-5-12(11-13)14-7-8-15-18(21-14)27-19(22-15)23-17(26)16-9-10-20-25(16)3/h4-11H,1-3H3,(H,22,23,26). The maximum atomic E-state index is 12.3. The highest BCUT2D eigenvalue weighted by molar-refractivity contribution is 7.22. The summed E-state index contributed by atoms with van der Waals surface area (Å²) in [4.78, 5) is 24.4. The minimum Gasteiger partial charge on any atom is -0.378 e. The number of fused-ring (bicyclic) bond motifs is 1. The number of nitrogens with zero attached hydrogens (tertiary/aromatic N) is 5. The molecule has 0 saturated heterocycles. The number of carbonyl (C=O) groups is 1. The molecule has 3 heterocycles. The van der Waals surface area contributed by atoms with Gasteiger partial charge in [-0.1, -0.05) is 23.5 Å². The molecule has 0 fully saturated rings. The van der Waals surface area contributed by atoms with Crippen LogP contribution in [0.25, 0.3) is 21.6 Å². The number of benzene rings is 1. The minimum atomic E-state index is -0.243.